The van der Waals surface area contributed by atoms with Crippen molar-refractivity contribution in [3.05, 3.63) is 45.5 Å². The molecule has 0 N–H and O–H groups in total. The Morgan fingerprint density at radius 1 is 0.828 bits per heavy atom. The van der Waals surface area contributed by atoms with Crippen LogP contribution in [-0.2, 0) is 19.1 Å². The summed E-state index contributed by atoms with van der Waals surface area (Å²) < 4.78 is 13.4. The van der Waals surface area contributed by atoms with Gasteiger partial charge in [-0.15, -0.1) is 0 Å². The van der Waals surface area contributed by atoms with Crippen molar-refractivity contribution in [3.63, 3.8) is 0 Å². The van der Waals surface area contributed by atoms with E-state index in [1.165, 1.54) is 17.4 Å². The second-order valence-electron chi connectivity index (χ2n) is 9.12. The van der Waals surface area contributed by atoms with Crippen molar-refractivity contribution in [1.29, 1.82) is 0 Å². The summed E-state index contributed by atoms with van der Waals surface area (Å²) in [6.07, 6.45) is 5.41. The van der Waals surface area contributed by atoms with Crippen molar-refractivity contribution in [2.24, 2.45) is 23.7 Å². The molecule has 4 saturated carbocycles. The fourth-order valence-electron chi connectivity index (χ4n) is 6.33. The van der Waals surface area contributed by atoms with Crippen LogP contribution in [-0.4, -0.2) is 21.2 Å². The van der Waals surface area contributed by atoms with Crippen LogP contribution in [0.1, 0.15) is 37.7 Å². The first-order valence-corrected chi connectivity index (χ1v) is 12.7. The molecule has 1 heterocycles. The van der Waals surface area contributed by atoms with E-state index in [1.54, 1.807) is 0 Å². The first kappa shape index (κ1) is 18.0. The summed E-state index contributed by atoms with van der Waals surface area (Å²) in [4.78, 5) is 26.2. The Bertz CT molecular complexity index is 1040. The highest BCUT2D eigenvalue weighted by atomic mass is 127. The summed E-state index contributed by atoms with van der Waals surface area (Å²) in [5.74, 6) is -0.0189. The average Bonchev–Trinajstić information content (AvgIpc) is 2.70. The minimum absolute atomic E-state index is 0.187. The number of halogens is 1. The van der Waals surface area contributed by atoms with Crippen molar-refractivity contribution >= 4 is 47.0 Å². The summed E-state index contributed by atoms with van der Waals surface area (Å²) in [7, 11) is 0. The zero-order valence-electron chi connectivity index (χ0n) is 16.3. The minimum Gasteiger partial charge on any atom is -0.418 e. The fraction of sp³-hybridized carbons (Fsp3) is 0.458. The van der Waals surface area contributed by atoms with E-state index in [1.807, 2.05) is 18.2 Å². The van der Waals surface area contributed by atoms with Gasteiger partial charge in [0.2, 0.25) is 0 Å². The van der Waals surface area contributed by atoms with E-state index in [0.29, 0.717) is 0 Å². The zero-order valence-corrected chi connectivity index (χ0v) is 18.5. The molecule has 7 rings (SSSR count). The molecule has 2 aromatic carbocycles. The third-order valence-corrected chi connectivity index (χ3v) is 10.4. The van der Waals surface area contributed by atoms with E-state index >= 15 is 0 Å². The van der Waals surface area contributed by atoms with Gasteiger partial charge in [0.1, 0.15) is 0 Å². The highest BCUT2D eigenvalue weighted by Crippen LogP contribution is 2.60. The molecule has 0 unspecified atom stereocenters. The predicted molar refractivity (Wildman–Crippen MR) is 118 cm³/mol. The van der Waals surface area contributed by atoms with E-state index in [9.17, 15) is 9.59 Å². The number of rotatable bonds is 1. The van der Waals surface area contributed by atoms with Gasteiger partial charge in [-0.2, -0.15) is 0 Å². The second-order valence-corrected chi connectivity index (χ2v) is 11.9. The summed E-state index contributed by atoms with van der Waals surface area (Å²) in [6.45, 7) is 2.08. The van der Waals surface area contributed by atoms with Crippen LogP contribution in [0.5, 0.6) is 0 Å². The van der Waals surface area contributed by atoms with E-state index < -0.39 is 38.5 Å². The van der Waals surface area contributed by atoms with Crippen LogP contribution >= 0.6 is 20.7 Å². The highest BCUT2D eigenvalue weighted by Gasteiger charge is 2.64. The number of hydrogen-bond donors (Lipinski definition) is 0. The Balaban J connectivity index is 1.37. The summed E-state index contributed by atoms with van der Waals surface area (Å²) in [5, 5.41) is 2.28. The molecule has 0 atom stereocenters. The number of ether oxygens (including phenoxy) is 2. The maximum absolute atomic E-state index is 13.1. The van der Waals surface area contributed by atoms with E-state index in [-0.39, 0.29) is 15.3 Å². The molecule has 1 aliphatic heterocycles. The lowest BCUT2D eigenvalue weighted by Crippen LogP contribution is -2.65. The van der Waals surface area contributed by atoms with Gasteiger partial charge in [0.25, 0.3) is 5.79 Å². The molecule has 1 spiro atoms. The second kappa shape index (κ2) is 6.37. The largest absolute Gasteiger partial charge is 0.418 e. The molecule has 5 aliphatic rings. The number of aryl methyl sites for hydroxylation is 1. The van der Waals surface area contributed by atoms with Crippen LogP contribution < -0.4 is 0 Å². The first-order valence-electron chi connectivity index (χ1n) is 10.5. The Morgan fingerprint density at radius 2 is 1.41 bits per heavy atom. The summed E-state index contributed by atoms with van der Waals surface area (Å²) in [5.41, 5.74) is 1.19. The molecule has 4 bridgehead atoms. The minimum atomic E-state index is -0.982. The molecular weight excluding hydrogens is 479 g/mol. The van der Waals surface area contributed by atoms with Gasteiger partial charge >= 0.3 is 11.9 Å². The van der Waals surface area contributed by atoms with E-state index in [0.717, 1.165) is 46.5 Å². The van der Waals surface area contributed by atoms with Gasteiger partial charge in [0.05, 0.1) is 0 Å². The van der Waals surface area contributed by atoms with Gasteiger partial charge in [-0.25, -0.2) is 9.59 Å². The smallest absolute Gasteiger partial charge is 0.354 e. The van der Waals surface area contributed by atoms with Crippen LogP contribution in [0.15, 0.2) is 36.4 Å². The maximum Gasteiger partial charge on any atom is 0.354 e. The monoisotopic (exact) mass is 502 g/mol. The third-order valence-electron chi connectivity index (χ3n) is 7.42. The van der Waals surface area contributed by atoms with Gasteiger partial charge < -0.3 is 9.47 Å². The molecule has 1 saturated heterocycles. The van der Waals surface area contributed by atoms with Gasteiger partial charge in [-0.05, 0) is 73.3 Å². The van der Waals surface area contributed by atoms with Gasteiger partial charge in [-0.1, -0.05) is 51.1 Å². The third kappa shape index (κ3) is 2.65. The number of esters is 2. The number of hydrogen-bond acceptors (Lipinski definition) is 4. The lowest BCUT2D eigenvalue weighted by atomic mass is 9.53. The molecule has 0 amide bonds. The number of carbonyl (C=O) groups is 2. The van der Waals surface area contributed by atoms with Crippen molar-refractivity contribution in [2.75, 3.05) is 0 Å². The molecule has 4 nitrogen and oxygen atoms in total. The van der Waals surface area contributed by atoms with E-state index in [2.05, 4.69) is 25.1 Å². The molecule has 29 heavy (non-hydrogen) atoms. The topological polar surface area (TPSA) is 52.6 Å². The Kier molecular flexibility index (Phi) is 3.96. The molecule has 2 aromatic rings. The molecule has 4 aliphatic carbocycles. The zero-order chi connectivity index (χ0) is 19.8. The van der Waals surface area contributed by atoms with Crippen molar-refractivity contribution in [2.45, 2.75) is 44.8 Å². The Morgan fingerprint density at radius 3 is 2.03 bits per heavy atom. The summed E-state index contributed by atoms with van der Waals surface area (Å²) in [6, 6.07) is 12.3. The number of benzene rings is 2. The molecule has 5 heteroatoms. The number of fused-ring (bicyclic) bond motifs is 1. The van der Waals surface area contributed by atoms with Crippen LogP contribution in [0.4, 0.5) is 0 Å². The molecule has 150 valence electrons. The maximum atomic E-state index is 13.1. The van der Waals surface area contributed by atoms with Gasteiger partial charge in [0, 0.05) is 15.4 Å². The lowest BCUT2D eigenvalue weighted by molar-refractivity contribution is -0.308. The van der Waals surface area contributed by atoms with Crippen molar-refractivity contribution in [3.8, 4) is 0 Å². The number of carbonyl (C=O) groups excluding carboxylic acids is 2. The van der Waals surface area contributed by atoms with Crippen LogP contribution in [0, 0.1) is 34.2 Å². The lowest BCUT2D eigenvalue weighted by Gasteiger charge is -2.59. The molecular formula is C24H23IO4. The quantitative estimate of drug-likeness (QED) is 0.419. The van der Waals surface area contributed by atoms with Crippen LogP contribution in [0.2, 0.25) is 0 Å². The van der Waals surface area contributed by atoms with Crippen LogP contribution in [0.25, 0.3) is 10.8 Å². The average molecular weight is 502 g/mol. The molecule has 5 fully saturated rings. The summed E-state index contributed by atoms with van der Waals surface area (Å²) >= 11 is -0.977. The molecule has 0 radical (unpaired) electrons. The van der Waals surface area contributed by atoms with E-state index in [4.69, 9.17) is 9.47 Å². The predicted octanol–water partition coefficient (Wildman–Crippen LogP) is 4.71. The molecule has 0 aromatic heterocycles. The Labute approximate surface area is 179 Å². The normalized spacial score (nSPS) is 35.3. The SMILES string of the molecule is Cc1ccc(I=C2C(=O)OC3(OC2=O)C2CC4CC(C2)CC3C4)c2ccccc12. The van der Waals surface area contributed by atoms with Crippen LogP contribution in [0.3, 0.4) is 0 Å². The van der Waals surface area contributed by atoms with Crippen molar-refractivity contribution < 1.29 is 19.1 Å². The fourth-order valence-corrected chi connectivity index (χ4v) is 8.69. The Hall–Kier alpha value is -1.76. The van der Waals surface area contributed by atoms with Gasteiger partial charge in [-0.3, -0.25) is 0 Å². The first-order chi connectivity index (χ1) is 14.0. The van der Waals surface area contributed by atoms with Crippen molar-refractivity contribution in [1.82, 2.24) is 0 Å². The van der Waals surface area contributed by atoms with Gasteiger partial charge in [0.15, 0.2) is 3.51 Å². The highest BCUT2D eigenvalue weighted by molar-refractivity contribution is 14.2. The standard InChI is InChI=1S/C24H23IO4/c1-13-6-7-20(19-5-3-2-4-18(13)19)25-21-22(26)28-24(29-23(21)27)16-9-14-8-15(11-16)12-17(24)10-14/h2-7,14-17H,8-12H2,1H3.